The third-order valence-corrected chi connectivity index (χ3v) is 9.08. The fourth-order valence-corrected chi connectivity index (χ4v) is 7.29. The van der Waals surface area contributed by atoms with Gasteiger partial charge in [-0.1, -0.05) is 12.1 Å². The van der Waals surface area contributed by atoms with Crippen molar-refractivity contribution in [1.29, 1.82) is 5.26 Å². The Morgan fingerprint density at radius 2 is 1.78 bits per heavy atom. The molecule has 2 aromatic carbocycles. The van der Waals surface area contributed by atoms with E-state index in [2.05, 4.69) is 0 Å². The number of carbonyl (C=O) groups excluding carboxylic acids is 3. The SMILES string of the molecule is CN(C)c1cc(-c2cccc([N+](=O)[O-])c2)c(O)c2c1C[C@@]1(N)C[C@@]3(N)[C@H](N(C)C)C(=O)C(C(N)=O)=C(O)[C@@]3(C#N)C(=O)C1=C2O. The predicted octanol–water partition coefficient (Wildman–Crippen LogP) is 0.547. The number of likely N-dealkylation sites (N-methyl/N-ethyl adjacent to an activating group) is 1. The standard InChI is InChI=1S/C30H31N7O8/c1-35(2)17-9-15(13-6-5-7-14(8-13)37(44)45)21(38)18-16(17)10-28(33)11-30(34)24(36(3)4)23(40)19(27(32)43)25(41)29(30,12-31)26(42)20(28)22(18)39/h5-9,24,38-39,41H,10-11,33-34H2,1-4H3,(H2,32,43)/t24-,28-,29+,30-/m1/s1. The molecule has 1 saturated carbocycles. The number of phenolic OH excluding ortho intramolecular Hbond substituents is 1. The molecule has 0 saturated heterocycles. The molecule has 3 aliphatic rings. The average Bonchev–Trinajstić information content (AvgIpc) is 2.91. The number of benzene rings is 2. The van der Waals surface area contributed by atoms with Crippen LogP contribution in [0.4, 0.5) is 11.4 Å². The summed E-state index contributed by atoms with van der Waals surface area (Å²) in [5.41, 5.74) is 11.4. The molecule has 0 aliphatic heterocycles. The molecule has 5 rings (SSSR count). The molecule has 0 heterocycles. The molecule has 4 atom stereocenters. The number of nitrogens with two attached hydrogens (primary N) is 3. The van der Waals surface area contributed by atoms with Gasteiger partial charge in [-0.15, -0.1) is 0 Å². The Balaban J connectivity index is 1.88. The second-order valence-corrected chi connectivity index (χ2v) is 12.1. The van der Waals surface area contributed by atoms with Crippen molar-refractivity contribution in [3.05, 3.63) is 68.5 Å². The van der Waals surface area contributed by atoms with Crippen molar-refractivity contribution >= 4 is 34.6 Å². The molecule has 0 radical (unpaired) electrons. The third-order valence-electron chi connectivity index (χ3n) is 9.08. The van der Waals surface area contributed by atoms with Crippen LogP contribution in [-0.2, 0) is 20.8 Å². The first-order valence-corrected chi connectivity index (χ1v) is 13.6. The lowest BCUT2D eigenvalue weighted by atomic mass is 9.47. The lowest BCUT2D eigenvalue weighted by molar-refractivity contribution is -0.384. The summed E-state index contributed by atoms with van der Waals surface area (Å²) in [4.78, 5) is 54.3. The molecule has 2 aromatic rings. The third kappa shape index (κ3) is 3.89. The molecule has 15 heteroatoms. The van der Waals surface area contributed by atoms with Gasteiger partial charge in [0.2, 0.25) is 0 Å². The number of non-ortho nitro benzene ring substituents is 1. The Hall–Kier alpha value is -5.30. The van der Waals surface area contributed by atoms with Crippen molar-refractivity contribution in [2.24, 2.45) is 22.6 Å². The van der Waals surface area contributed by atoms with Gasteiger partial charge in [0.1, 0.15) is 22.8 Å². The summed E-state index contributed by atoms with van der Waals surface area (Å²) in [7, 11) is 6.22. The van der Waals surface area contributed by atoms with Gasteiger partial charge in [-0.2, -0.15) is 5.26 Å². The first-order chi connectivity index (χ1) is 20.9. The predicted molar refractivity (Wildman–Crippen MR) is 161 cm³/mol. The van der Waals surface area contributed by atoms with Gasteiger partial charge in [0, 0.05) is 37.5 Å². The van der Waals surface area contributed by atoms with E-state index >= 15 is 0 Å². The number of nitro groups is 1. The van der Waals surface area contributed by atoms with Gasteiger partial charge in [0.25, 0.3) is 11.6 Å². The minimum atomic E-state index is -2.79. The summed E-state index contributed by atoms with van der Waals surface area (Å²) in [6.45, 7) is 0. The van der Waals surface area contributed by atoms with Gasteiger partial charge in [-0.05, 0) is 44.1 Å². The van der Waals surface area contributed by atoms with Crippen molar-refractivity contribution in [2.75, 3.05) is 33.1 Å². The number of nitro benzene ring substituents is 1. The molecular weight excluding hydrogens is 586 g/mol. The van der Waals surface area contributed by atoms with Gasteiger partial charge in [0.15, 0.2) is 17.0 Å². The number of rotatable bonds is 5. The molecule has 0 spiro atoms. The Labute approximate surface area is 256 Å². The summed E-state index contributed by atoms with van der Waals surface area (Å²) in [5.74, 6) is -6.26. The molecule has 3 aliphatic carbocycles. The highest BCUT2D eigenvalue weighted by Gasteiger charge is 2.74. The number of phenols is 1. The molecule has 0 unspecified atom stereocenters. The molecule has 0 bridgehead atoms. The van der Waals surface area contributed by atoms with Crippen LogP contribution in [0.5, 0.6) is 5.75 Å². The number of aliphatic hydroxyl groups excluding tert-OH is 2. The zero-order valence-corrected chi connectivity index (χ0v) is 24.8. The lowest BCUT2D eigenvalue weighted by Crippen LogP contribution is -2.80. The van der Waals surface area contributed by atoms with E-state index in [1.165, 1.54) is 43.3 Å². The van der Waals surface area contributed by atoms with Crippen LogP contribution < -0.4 is 22.1 Å². The maximum atomic E-state index is 14.6. The first-order valence-electron chi connectivity index (χ1n) is 13.6. The van der Waals surface area contributed by atoms with E-state index in [0.717, 1.165) is 0 Å². The van der Waals surface area contributed by atoms with E-state index in [9.17, 15) is 45.1 Å². The fourth-order valence-electron chi connectivity index (χ4n) is 7.29. The molecule has 1 amide bonds. The van der Waals surface area contributed by atoms with Gasteiger partial charge in [-0.25, -0.2) is 0 Å². The number of primary amides is 1. The number of ketones is 2. The van der Waals surface area contributed by atoms with Crippen LogP contribution in [-0.4, -0.2) is 87.9 Å². The van der Waals surface area contributed by atoms with E-state index in [4.69, 9.17) is 17.2 Å². The number of aliphatic hydroxyl groups is 2. The zero-order chi connectivity index (χ0) is 33.5. The summed E-state index contributed by atoms with van der Waals surface area (Å²) < 4.78 is 0. The van der Waals surface area contributed by atoms with Crippen molar-refractivity contribution < 1.29 is 34.6 Å². The maximum Gasteiger partial charge on any atom is 0.270 e. The number of fused-ring (bicyclic) bond motifs is 3. The monoisotopic (exact) mass is 617 g/mol. The molecule has 15 nitrogen and oxygen atoms in total. The smallest absolute Gasteiger partial charge is 0.270 e. The number of nitriles is 1. The van der Waals surface area contributed by atoms with E-state index in [1.54, 1.807) is 31.1 Å². The van der Waals surface area contributed by atoms with E-state index in [1.807, 2.05) is 0 Å². The van der Waals surface area contributed by atoms with E-state index < -0.39 is 79.8 Å². The second-order valence-electron chi connectivity index (χ2n) is 12.1. The number of nitrogens with zero attached hydrogens (tertiary/aromatic N) is 4. The quantitative estimate of drug-likeness (QED) is 0.152. The Kier molecular flexibility index (Phi) is 6.82. The molecule has 45 heavy (non-hydrogen) atoms. The largest absolute Gasteiger partial charge is 0.509 e. The van der Waals surface area contributed by atoms with E-state index in [-0.39, 0.29) is 34.4 Å². The van der Waals surface area contributed by atoms with Crippen LogP contribution in [0, 0.1) is 26.9 Å². The van der Waals surface area contributed by atoms with Gasteiger partial charge >= 0.3 is 0 Å². The topological polar surface area (TPSA) is 263 Å². The minimum Gasteiger partial charge on any atom is -0.509 e. The van der Waals surface area contributed by atoms with Gasteiger partial charge in [0.05, 0.1) is 39.2 Å². The van der Waals surface area contributed by atoms with Crippen LogP contribution in [0.3, 0.4) is 0 Å². The number of Topliss-reactive ketones (excluding diaryl/α,β-unsaturated/α-hetero) is 2. The van der Waals surface area contributed by atoms with Crippen molar-refractivity contribution in [3.8, 4) is 22.9 Å². The normalized spacial score (nSPS) is 27.5. The molecule has 234 valence electrons. The fraction of sp³-hybridized carbons (Fsp3) is 0.333. The number of carbonyl (C=O) groups is 3. The Bertz CT molecular complexity index is 1860. The molecule has 9 N–H and O–H groups in total. The second kappa shape index (κ2) is 9.86. The molecular formula is C30H31N7O8. The summed E-state index contributed by atoms with van der Waals surface area (Å²) in [6.07, 6.45) is -0.741. The van der Waals surface area contributed by atoms with Crippen molar-refractivity contribution in [2.45, 2.75) is 30.0 Å². The summed E-state index contributed by atoms with van der Waals surface area (Å²) in [5, 5.41) is 56.8. The number of aromatic hydroxyl groups is 1. The Morgan fingerprint density at radius 1 is 1.13 bits per heavy atom. The van der Waals surface area contributed by atoms with Crippen molar-refractivity contribution in [3.63, 3.8) is 0 Å². The number of hydrogen-bond donors (Lipinski definition) is 6. The lowest BCUT2D eigenvalue weighted by Gasteiger charge is -2.58. The Morgan fingerprint density at radius 3 is 2.31 bits per heavy atom. The van der Waals surface area contributed by atoms with Crippen LogP contribution >= 0.6 is 0 Å². The highest BCUT2D eigenvalue weighted by molar-refractivity contribution is 6.25. The first kappa shape index (κ1) is 31.1. The average molecular weight is 618 g/mol. The highest BCUT2D eigenvalue weighted by Crippen LogP contribution is 2.59. The van der Waals surface area contributed by atoms with E-state index in [0.29, 0.717) is 5.69 Å². The van der Waals surface area contributed by atoms with Crippen molar-refractivity contribution in [1.82, 2.24) is 4.90 Å². The number of amides is 1. The zero-order valence-electron chi connectivity index (χ0n) is 24.8. The summed E-state index contributed by atoms with van der Waals surface area (Å²) in [6, 6.07) is 7.20. The highest BCUT2D eigenvalue weighted by atomic mass is 16.6. The maximum absolute atomic E-state index is 14.6. The number of anilines is 1. The van der Waals surface area contributed by atoms with Crippen LogP contribution in [0.15, 0.2) is 47.2 Å². The molecule has 0 aromatic heterocycles. The van der Waals surface area contributed by atoms with Crippen LogP contribution in [0.25, 0.3) is 16.9 Å². The van der Waals surface area contributed by atoms with Gasteiger partial charge < -0.3 is 37.4 Å². The van der Waals surface area contributed by atoms with Crippen LogP contribution in [0.2, 0.25) is 0 Å². The minimum absolute atomic E-state index is 0.0824. The number of hydrogen-bond acceptors (Lipinski definition) is 13. The summed E-state index contributed by atoms with van der Waals surface area (Å²) >= 11 is 0. The molecule has 1 fully saturated rings. The van der Waals surface area contributed by atoms with Crippen LogP contribution in [0.1, 0.15) is 17.5 Å². The van der Waals surface area contributed by atoms with Gasteiger partial charge in [-0.3, -0.25) is 29.4 Å².